The Morgan fingerprint density at radius 2 is 1.82 bits per heavy atom. The van der Waals surface area contributed by atoms with E-state index in [2.05, 4.69) is 0 Å². The van der Waals surface area contributed by atoms with Crippen LogP contribution in [0.2, 0.25) is 0 Å². The van der Waals surface area contributed by atoms with E-state index in [0.717, 1.165) is 22.6 Å². The van der Waals surface area contributed by atoms with Gasteiger partial charge < -0.3 is 10.5 Å². The highest BCUT2D eigenvalue weighted by Gasteiger charge is 2.20. The number of carbonyl (C=O) groups excluding carboxylic acids is 1. The predicted molar refractivity (Wildman–Crippen MR) is 64.3 cm³/mol. The minimum atomic E-state index is -0.412. The smallest absolute Gasteiger partial charge is 0.249 e. The van der Waals surface area contributed by atoms with Crippen molar-refractivity contribution in [3.63, 3.8) is 0 Å². The van der Waals surface area contributed by atoms with Gasteiger partial charge in [0.1, 0.15) is 11.5 Å². The van der Waals surface area contributed by atoms with Crippen molar-refractivity contribution < 1.29 is 9.53 Å². The lowest BCUT2D eigenvalue weighted by molar-refractivity contribution is 0.0999. The molecule has 0 aliphatic carbocycles. The van der Waals surface area contributed by atoms with Gasteiger partial charge in [0.25, 0.3) is 0 Å². The lowest BCUT2D eigenvalue weighted by Crippen LogP contribution is -2.16. The number of benzene rings is 2. The van der Waals surface area contributed by atoms with E-state index >= 15 is 0 Å². The molecule has 0 fully saturated rings. The molecule has 0 saturated carbocycles. The van der Waals surface area contributed by atoms with E-state index in [1.165, 1.54) is 0 Å². The number of primary amides is 1. The zero-order valence-electron chi connectivity index (χ0n) is 9.14. The third kappa shape index (κ3) is 1.56. The monoisotopic (exact) mass is 225 g/mol. The van der Waals surface area contributed by atoms with Crippen LogP contribution in [0.15, 0.2) is 42.5 Å². The standard InChI is InChI=1S/C14H11NO2/c15-14(16)10-5-3-7-13-11(10)8-9-4-1-2-6-12(9)17-13/h1-7H,8H2,(H2,15,16). The first-order chi connectivity index (χ1) is 8.25. The number of ether oxygens (including phenoxy) is 1. The van der Waals surface area contributed by atoms with Crippen LogP contribution in [0.5, 0.6) is 11.5 Å². The number of nitrogens with two attached hydrogens (primary N) is 1. The van der Waals surface area contributed by atoms with Crippen LogP contribution in [-0.4, -0.2) is 5.91 Å². The minimum Gasteiger partial charge on any atom is -0.457 e. The second kappa shape index (κ2) is 3.63. The Bertz CT molecular complexity index is 605. The maximum absolute atomic E-state index is 11.4. The lowest BCUT2D eigenvalue weighted by atomic mass is 9.95. The molecular formula is C14H11NO2. The van der Waals surface area contributed by atoms with Gasteiger partial charge in [-0.1, -0.05) is 24.3 Å². The highest BCUT2D eigenvalue weighted by atomic mass is 16.5. The van der Waals surface area contributed by atoms with Crippen LogP contribution in [0, 0.1) is 0 Å². The van der Waals surface area contributed by atoms with E-state index < -0.39 is 5.91 Å². The molecular weight excluding hydrogens is 214 g/mol. The van der Waals surface area contributed by atoms with Gasteiger partial charge in [0.05, 0.1) is 0 Å². The third-order valence-corrected chi connectivity index (χ3v) is 2.96. The average molecular weight is 225 g/mol. The number of hydrogen-bond acceptors (Lipinski definition) is 2. The SMILES string of the molecule is NC(=O)c1cccc2c1Cc1ccccc1O2. The van der Waals surface area contributed by atoms with Crippen LogP contribution >= 0.6 is 0 Å². The summed E-state index contributed by atoms with van der Waals surface area (Å²) in [5.41, 5.74) is 7.85. The van der Waals surface area contributed by atoms with Crippen molar-refractivity contribution in [2.24, 2.45) is 5.73 Å². The predicted octanol–water partition coefficient (Wildman–Crippen LogP) is 2.48. The highest BCUT2D eigenvalue weighted by Crippen LogP contribution is 2.37. The van der Waals surface area contributed by atoms with Crippen LogP contribution < -0.4 is 10.5 Å². The van der Waals surface area contributed by atoms with Gasteiger partial charge >= 0.3 is 0 Å². The molecule has 2 aromatic rings. The van der Waals surface area contributed by atoms with Gasteiger partial charge in [-0.3, -0.25) is 4.79 Å². The van der Waals surface area contributed by atoms with Gasteiger partial charge in [0, 0.05) is 17.5 Å². The zero-order valence-corrected chi connectivity index (χ0v) is 9.14. The highest BCUT2D eigenvalue weighted by molar-refractivity contribution is 5.95. The Morgan fingerprint density at radius 1 is 1.06 bits per heavy atom. The average Bonchev–Trinajstić information content (AvgIpc) is 2.35. The first-order valence-electron chi connectivity index (χ1n) is 5.43. The minimum absolute atomic E-state index is 0.412. The normalized spacial score (nSPS) is 12.2. The summed E-state index contributed by atoms with van der Waals surface area (Å²) in [5.74, 6) is 1.16. The van der Waals surface area contributed by atoms with E-state index in [-0.39, 0.29) is 0 Å². The van der Waals surface area contributed by atoms with Crippen LogP contribution in [0.4, 0.5) is 0 Å². The summed E-state index contributed by atoms with van der Waals surface area (Å²) >= 11 is 0. The van der Waals surface area contributed by atoms with Crippen LogP contribution in [0.1, 0.15) is 21.5 Å². The maximum atomic E-state index is 11.4. The van der Waals surface area contributed by atoms with Gasteiger partial charge in [0.15, 0.2) is 0 Å². The lowest BCUT2D eigenvalue weighted by Gasteiger charge is -2.21. The van der Waals surface area contributed by atoms with Crippen molar-refractivity contribution >= 4 is 5.91 Å². The van der Waals surface area contributed by atoms with E-state index in [9.17, 15) is 4.79 Å². The van der Waals surface area contributed by atoms with Crippen molar-refractivity contribution in [1.82, 2.24) is 0 Å². The largest absolute Gasteiger partial charge is 0.457 e. The summed E-state index contributed by atoms with van der Waals surface area (Å²) in [4.78, 5) is 11.4. The molecule has 0 unspecified atom stereocenters. The van der Waals surface area contributed by atoms with Gasteiger partial charge in [-0.15, -0.1) is 0 Å². The molecule has 3 rings (SSSR count). The fourth-order valence-corrected chi connectivity index (χ4v) is 2.13. The molecule has 3 heteroatoms. The maximum Gasteiger partial charge on any atom is 0.249 e. The molecule has 0 aromatic heterocycles. The van der Waals surface area contributed by atoms with Crippen LogP contribution in [0.3, 0.4) is 0 Å². The Balaban J connectivity index is 2.15. The second-order valence-corrected chi connectivity index (χ2v) is 4.03. The molecule has 1 heterocycles. The summed E-state index contributed by atoms with van der Waals surface area (Å²) in [7, 11) is 0. The molecule has 0 bridgehead atoms. The quantitative estimate of drug-likeness (QED) is 0.691. The molecule has 1 amide bonds. The van der Waals surface area contributed by atoms with Crippen molar-refractivity contribution in [3.8, 4) is 11.5 Å². The summed E-state index contributed by atoms with van der Waals surface area (Å²) < 4.78 is 5.76. The fourth-order valence-electron chi connectivity index (χ4n) is 2.13. The van der Waals surface area contributed by atoms with Crippen molar-refractivity contribution in [2.75, 3.05) is 0 Å². The number of hydrogen-bond donors (Lipinski definition) is 1. The molecule has 17 heavy (non-hydrogen) atoms. The van der Waals surface area contributed by atoms with Crippen LogP contribution in [-0.2, 0) is 6.42 Å². The van der Waals surface area contributed by atoms with Crippen molar-refractivity contribution in [1.29, 1.82) is 0 Å². The summed E-state index contributed by atoms with van der Waals surface area (Å²) in [5, 5.41) is 0. The summed E-state index contributed by atoms with van der Waals surface area (Å²) in [6, 6.07) is 13.2. The van der Waals surface area contributed by atoms with Crippen molar-refractivity contribution in [3.05, 3.63) is 59.2 Å². The molecule has 0 radical (unpaired) electrons. The first kappa shape index (κ1) is 9.90. The molecule has 0 saturated heterocycles. The first-order valence-corrected chi connectivity index (χ1v) is 5.43. The number of para-hydroxylation sites is 1. The second-order valence-electron chi connectivity index (χ2n) is 4.03. The number of amides is 1. The third-order valence-electron chi connectivity index (χ3n) is 2.96. The Hall–Kier alpha value is -2.29. The topological polar surface area (TPSA) is 52.3 Å². The molecule has 84 valence electrons. The van der Waals surface area contributed by atoms with Gasteiger partial charge in [-0.25, -0.2) is 0 Å². The Kier molecular flexibility index (Phi) is 2.11. The van der Waals surface area contributed by atoms with Gasteiger partial charge in [-0.2, -0.15) is 0 Å². The molecule has 0 atom stereocenters. The number of fused-ring (bicyclic) bond motifs is 2. The molecule has 2 aromatic carbocycles. The fraction of sp³-hybridized carbons (Fsp3) is 0.0714. The Morgan fingerprint density at radius 3 is 2.65 bits per heavy atom. The van der Waals surface area contributed by atoms with E-state index in [1.54, 1.807) is 12.1 Å². The zero-order chi connectivity index (χ0) is 11.8. The summed E-state index contributed by atoms with van der Waals surface area (Å²) in [6.45, 7) is 0. The van der Waals surface area contributed by atoms with E-state index in [1.807, 2.05) is 30.3 Å². The summed E-state index contributed by atoms with van der Waals surface area (Å²) in [6.07, 6.45) is 0.685. The molecule has 3 nitrogen and oxygen atoms in total. The molecule has 0 spiro atoms. The molecule has 1 aliphatic heterocycles. The number of rotatable bonds is 1. The van der Waals surface area contributed by atoms with Crippen LogP contribution in [0.25, 0.3) is 0 Å². The van der Waals surface area contributed by atoms with Gasteiger partial charge in [0.2, 0.25) is 5.91 Å². The van der Waals surface area contributed by atoms with Gasteiger partial charge in [-0.05, 0) is 23.8 Å². The van der Waals surface area contributed by atoms with E-state index in [4.69, 9.17) is 10.5 Å². The Labute approximate surface area is 98.8 Å². The molecule has 1 aliphatic rings. The number of carbonyl (C=O) groups is 1. The van der Waals surface area contributed by atoms with Crippen molar-refractivity contribution in [2.45, 2.75) is 6.42 Å². The van der Waals surface area contributed by atoms with E-state index in [0.29, 0.717) is 12.0 Å². The molecule has 2 N–H and O–H groups in total.